The van der Waals surface area contributed by atoms with Crippen LogP contribution < -0.4 is 11.1 Å². The molecular weight excluding hydrogens is 266 g/mol. The molecule has 16 heavy (non-hydrogen) atoms. The van der Waals surface area contributed by atoms with Gasteiger partial charge < -0.3 is 11.1 Å². The first-order valence-electron chi connectivity index (χ1n) is 5.84. The minimum absolute atomic E-state index is 0.419. The van der Waals surface area contributed by atoms with Crippen LogP contribution in [0.2, 0.25) is 0 Å². The minimum Gasteiger partial charge on any atom is -0.328 e. The van der Waals surface area contributed by atoms with Gasteiger partial charge in [0.05, 0.1) is 5.69 Å². The monoisotopic (exact) mass is 283 g/mol. The Morgan fingerprint density at radius 1 is 1.31 bits per heavy atom. The molecular formula is C12H18BrN3. The Hall–Kier alpha value is -0.450. The van der Waals surface area contributed by atoms with Crippen molar-refractivity contribution in [2.75, 3.05) is 0 Å². The van der Waals surface area contributed by atoms with E-state index >= 15 is 0 Å². The molecule has 0 radical (unpaired) electrons. The lowest BCUT2D eigenvalue weighted by molar-refractivity contribution is 0.341. The smallest absolute Gasteiger partial charge is 0.106 e. The fourth-order valence-electron chi connectivity index (χ4n) is 2.12. The molecule has 88 valence electrons. The van der Waals surface area contributed by atoms with E-state index in [0.29, 0.717) is 12.1 Å². The lowest BCUT2D eigenvalue weighted by Gasteiger charge is -2.26. The molecule has 1 aliphatic rings. The molecule has 1 fully saturated rings. The molecule has 1 aromatic heterocycles. The van der Waals surface area contributed by atoms with E-state index in [4.69, 9.17) is 5.73 Å². The first-order chi connectivity index (χ1) is 7.74. The van der Waals surface area contributed by atoms with Crippen molar-refractivity contribution in [1.82, 2.24) is 10.3 Å². The second-order valence-electron chi connectivity index (χ2n) is 4.44. The summed E-state index contributed by atoms with van der Waals surface area (Å²) < 4.78 is 0.900. The van der Waals surface area contributed by atoms with E-state index in [-0.39, 0.29) is 0 Å². The number of nitrogens with zero attached hydrogens (tertiary/aromatic N) is 1. The molecule has 0 amide bonds. The Kier molecular flexibility index (Phi) is 4.32. The molecule has 0 saturated heterocycles. The maximum absolute atomic E-state index is 5.88. The summed E-state index contributed by atoms with van der Waals surface area (Å²) >= 11 is 3.38. The molecule has 1 aliphatic carbocycles. The summed E-state index contributed by atoms with van der Waals surface area (Å²) in [5, 5.41) is 3.55. The molecule has 0 atom stereocenters. The summed E-state index contributed by atoms with van der Waals surface area (Å²) in [6, 6.07) is 7.04. The normalized spacial score (nSPS) is 25.6. The van der Waals surface area contributed by atoms with Gasteiger partial charge >= 0.3 is 0 Å². The number of pyridine rings is 1. The maximum atomic E-state index is 5.88. The molecule has 3 nitrogen and oxygen atoms in total. The average molecular weight is 284 g/mol. The maximum Gasteiger partial charge on any atom is 0.106 e. The molecule has 2 rings (SSSR count). The second kappa shape index (κ2) is 5.75. The van der Waals surface area contributed by atoms with Gasteiger partial charge in [-0.15, -0.1) is 0 Å². The van der Waals surface area contributed by atoms with Crippen LogP contribution in [0.1, 0.15) is 31.4 Å². The van der Waals surface area contributed by atoms with Crippen LogP contribution in [0.5, 0.6) is 0 Å². The van der Waals surface area contributed by atoms with Gasteiger partial charge in [-0.1, -0.05) is 6.07 Å². The van der Waals surface area contributed by atoms with E-state index in [1.165, 1.54) is 12.8 Å². The largest absolute Gasteiger partial charge is 0.328 e. The van der Waals surface area contributed by atoms with Gasteiger partial charge in [0.25, 0.3) is 0 Å². The number of hydrogen-bond acceptors (Lipinski definition) is 3. The van der Waals surface area contributed by atoms with Gasteiger partial charge in [0.1, 0.15) is 4.60 Å². The van der Waals surface area contributed by atoms with E-state index in [1.54, 1.807) is 0 Å². The number of halogens is 1. The van der Waals surface area contributed by atoms with E-state index in [1.807, 2.05) is 18.2 Å². The summed E-state index contributed by atoms with van der Waals surface area (Å²) in [4.78, 5) is 4.40. The Bertz CT molecular complexity index is 335. The van der Waals surface area contributed by atoms with Crippen molar-refractivity contribution < 1.29 is 0 Å². The molecule has 0 spiro atoms. The fourth-order valence-corrected chi connectivity index (χ4v) is 2.50. The van der Waals surface area contributed by atoms with Crippen LogP contribution in [0.3, 0.4) is 0 Å². The van der Waals surface area contributed by atoms with Crippen LogP contribution >= 0.6 is 15.9 Å². The van der Waals surface area contributed by atoms with Crippen LogP contribution in [0, 0.1) is 0 Å². The van der Waals surface area contributed by atoms with E-state index in [9.17, 15) is 0 Å². The number of hydrogen-bond donors (Lipinski definition) is 2. The zero-order valence-electron chi connectivity index (χ0n) is 9.32. The van der Waals surface area contributed by atoms with E-state index in [2.05, 4.69) is 26.2 Å². The van der Waals surface area contributed by atoms with Gasteiger partial charge in [-0.2, -0.15) is 0 Å². The third kappa shape index (κ3) is 3.54. The van der Waals surface area contributed by atoms with Crippen LogP contribution in [0.15, 0.2) is 22.8 Å². The zero-order valence-corrected chi connectivity index (χ0v) is 10.9. The van der Waals surface area contributed by atoms with Crippen molar-refractivity contribution in [3.05, 3.63) is 28.5 Å². The fraction of sp³-hybridized carbons (Fsp3) is 0.583. The van der Waals surface area contributed by atoms with E-state index in [0.717, 1.165) is 29.7 Å². The highest BCUT2D eigenvalue weighted by Gasteiger charge is 2.17. The minimum atomic E-state index is 0.419. The molecule has 0 aliphatic heterocycles. The molecule has 1 aromatic rings. The van der Waals surface area contributed by atoms with Gasteiger partial charge in [0, 0.05) is 18.6 Å². The highest BCUT2D eigenvalue weighted by Crippen LogP contribution is 2.17. The van der Waals surface area contributed by atoms with Gasteiger partial charge in [0.2, 0.25) is 0 Å². The average Bonchev–Trinajstić information content (AvgIpc) is 2.28. The summed E-state index contributed by atoms with van der Waals surface area (Å²) in [5.41, 5.74) is 6.97. The predicted octanol–water partition coefficient (Wildman–Crippen LogP) is 2.20. The number of aromatic nitrogens is 1. The van der Waals surface area contributed by atoms with Crippen molar-refractivity contribution in [1.29, 1.82) is 0 Å². The predicted molar refractivity (Wildman–Crippen MR) is 69.0 cm³/mol. The lowest BCUT2D eigenvalue weighted by atomic mass is 9.92. The van der Waals surface area contributed by atoms with Gasteiger partial charge in [-0.25, -0.2) is 4.98 Å². The second-order valence-corrected chi connectivity index (χ2v) is 5.26. The first kappa shape index (κ1) is 12.0. The van der Waals surface area contributed by atoms with Crippen LogP contribution in [-0.2, 0) is 6.54 Å². The zero-order chi connectivity index (χ0) is 11.4. The van der Waals surface area contributed by atoms with Crippen molar-refractivity contribution in [3.8, 4) is 0 Å². The third-order valence-electron chi connectivity index (χ3n) is 3.12. The highest BCUT2D eigenvalue weighted by atomic mass is 79.9. The van der Waals surface area contributed by atoms with Crippen LogP contribution in [-0.4, -0.2) is 17.1 Å². The molecule has 1 saturated carbocycles. The topological polar surface area (TPSA) is 50.9 Å². The Balaban J connectivity index is 1.79. The van der Waals surface area contributed by atoms with Gasteiger partial charge in [-0.05, 0) is 53.7 Å². The SMILES string of the molecule is NC1CCC(NCc2cccc(Br)n2)CC1. The number of rotatable bonds is 3. The van der Waals surface area contributed by atoms with E-state index < -0.39 is 0 Å². The molecule has 0 unspecified atom stereocenters. The molecule has 0 aromatic carbocycles. The summed E-state index contributed by atoms with van der Waals surface area (Å²) in [6.45, 7) is 0.847. The quantitative estimate of drug-likeness (QED) is 0.837. The van der Waals surface area contributed by atoms with Crippen LogP contribution in [0.4, 0.5) is 0 Å². The summed E-state index contributed by atoms with van der Waals surface area (Å²) in [6.07, 6.45) is 4.66. The summed E-state index contributed by atoms with van der Waals surface area (Å²) in [5.74, 6) is 0. The Morgan fingerprint density at radius 3 is 2.75 bits per heavy atom. The molecule has 4 heteroatoms. The lowest BCUT2D eigenvalue weighted by Crippen LogP contribution is -2.37. The van der Waals surface area contributed by atoms with Gasteiger partial charge in [0.15, 0.2) is 0 Å². The van der Waals surface area contributed by atoms with Crippen molar-refractivity contribution in [2.45, 2.75) is 44.3 Å². The Labute approximate surface area is 105 Å². The highest BCUT2D eigenvalue weighted by molar-refractivity contribution is 9.10. The Morgan fingerprint density at radius 2 is 2.06 bits per heavy atom. The molecule has 1 heterocycles. The number of nitrogens with two attached hydrogens (primary N) is 1. The molecule has 0 bridgehead atoms. The van der Waals surface area contributed by atoms with Crippen LogP contribution in [0.25, 0.3) is 0 Å². The first-order valence-corrected chi connectivity index (χ1v) is 6.64. The third-order valence-corrected chi connectivity index (χ3v) is 3.56. The summed E-state index contributed by atoms with van der Waals surface area (Å²) in [7, 11) is 0. The van der Waals surface area contributed by atoms with Gasteiger partial charge in [-0.3, -0.25) is 0 Å². The van der Waals surface area contributed by atoms with Crippen molar-refractivity contribution >= 4 is 15.9 Å². The van der Waals surface area contributed by atoms with Crippen molar-refractivity contribution in [3.63, 3.8) is 0 Å². The number of nitrogens with one attached hydrogen (secondary N) is 1. The molecule has 3 N–H and O–H groups in total. The van der Waals surface area contributed by atoms with Crippen molar-refractivity contribution in [2.24, 2.45) is 5.73 Å². The standard InChI is InChI=1S/C12H18BrN3/c13-12-3-1-2-11(16-12)8-15-10-6-4-9(14)5-7-10/h1-3,9-10,15H,4-8,14H2.